The number of benzene rings is 2. The van der Waals surface area contributed by atoms with Crippen LogP contribution in [0.2, 0.25) is 0 Å². The largest absolute Gasteiger partial charge is 0.354 e. The molecule has 1 saturated carbocycles. The van der Waals surface area contributed by atoms with Crippen LogP contribution in [-0.2, 0) is 14.8 Å². The molecule has 3 rings (SSSR count). The highest BCUT2D eigenvalue weighted by Crippen LogP contribution is 2.29. The van der Waals surface area contributed by atoms with E-state index in [4.69, 9.17) is 0 Å². The number of amides is 1. The fraction of sp³-hybridized carbons (Fsp3) is 0.500. The third-order valence-electron chi connectivity index (χ3n) is 6.08. The molecule has 5 nitrogen and oxygen atoms in total. The van der Waals surface area contributed by atoms with Gasteiger partial charge in [0.25, 0.3) is 10.0 Å². The van der Waals surface area contributed by atoms with E-state index in [0.717, 1.165) is 34.1 Å². The van der Waals surface area contributed by atoms with Crippen molar-refractivity contribution in [1.29, 1.82) is 0 Å². The third kappa shape index (κ3) is 7.24. The SMILES string of the molecule is Cc1ccc(S(=O)(=O)N(CC(=O)NCCCSC2CCCCC2)c2cc(C)ccc2C)cc1. The molecule has 0 bridgehead atoms. The Kier molecular flexibility index (Phi) is 9.27. The standard InChI is InChI=1S/C26H36N2O3S2/c1-20-11-14-24(15-12-20)33(30,31)28(25-18-21(2)10-13-22(25)3)19-26(29)27-16-7-17-32-23-8-5-4-6-9-23/h10-15,18,23H,4-9,16-17,19H2,1-3H3,(H,27,29). The highest BCUT2D eigenvalue weighted by Gasteiger charge is 2.28. The van der Waals surface area contributed by atoms with Crippen LogP contribution in [0.15, 0.2) is 47.4 Å². The molecule has 0 unspecified atom stereocenters. The number of nitrogens with one attached hydrogen (secondary N) is 1. The minimum absolute atomic E-state index is 0.186. The number of hydrogen-bond donors (Lipinski definition) is 1. The first kappa shape index (κ1) is 25.6. The second kappa shape index (κ2) is 11.9. The van der Waals surface area contributed by atoms with Gasteiger partial charge >= 0.3 is 0 Å². The molecule has 1 N–H and O–H groups in total. The lowest BCUT2D eigenvalue weighted by Crippen LogP contribution is -2.41. The number of carbonyl (C=O) groups excluding carboxylic acids is 1. The van der Waals surface area contributed by atoms with Crippen LogP contribution in [0.4, 0.5) is 5.69 Å². The highest BCUT2D eigenvalue weighted by atomic mass is 32.2. The minimum atomic E-state index is -3.89. The van der Waals surface area contributed by atoms with Crippen molar-refractivity contribution in [3.63, 3.8) is 0 Å². The lowest BCUT2D eigenvalue weighted by Gasteiger charge is -2.26. The van der Waals surface area contributed by atoms with Gasteiger partial charge in [0.1, 0.15) is 6.54 Å². The summed E-state index contributed by atoms with van der Waals surface area (Å²) in [6, 6.07) is 12.4. The lowest BCUT2D eigenvalue weighted by atomic mass is 10.0. The van der Waals surface area contributed by atoms with Gasteiger partial charge in [0.15, 0.2) is 0 Å². The van der Waals surface area contributed by atoms with E-state index in [9.17, 15) is 13.2 Å². The molecule has 1 aliphatic carbocycles. The molecule has 0 atom stereocenters. The van der Waals surface area contributed by atoms with Gasteiger partial charge in [-0.15, -0.1) is 0 Å². The van der Waals surface area contributed by atoms with E-state index in [0.29, 0.717) is 12.2 Å². The van der Waals surface area contributed by atoms with E-state index < -0.39 is 10.0 Å². The van der Waals surface area contributed by atoms with Gasteiger partial charge in [-0.1, -0.05) is 49.1 Å². The van der Waals surface area contributed by atoms with E-state index in [-0.39, 0.29) is 17.3 Å². The average molecular weight is 489 g/mol. The second-order valence-corrected chi connectivity index (χ2v) is 12.2. The van der Waals surface area contributed by atoms with Crippen LogP contribution in [-0.4, -0.2) is 38.4 Å². The zero-order chi connectivity index (χ0) is 23.8. The number of sulfonamides is 1. The second-order valence-electron chi connectivity index (χ2n) is 8.95. The van der Waals surface area contributed by atoms with Gasteiger partial charge in [-0.05, 0) is 75.1 Å². The molecule has 0 heterocycles. The molecule has 180 valence electrons. The van der Waals surface area contributed by atoms with Crippen LogP contribution in [0.3, 0.4) is 0 Å². The van der Waals surface area contributed by atoms with E-state index in [1.165, 1.54) is 36.4 Å². The van der Waals surface area contributed by atoms with E-state index in [1.807, 2.05) is 50.7 Å². The summed E-state index contributed by atoms with van der Waals surface area (Å²) in [5.74, 6) is 0.738. The van der Waals surface area contributed by atoms with Gasteiger partial charge in [-0.2, -0.15) is 11.8 Å². The topological polar surface area (TPSA) is 66.5 Å². The zero-order valence-corrected chi connectivity index (χ0v) is 21.6. The first-order valence-electron chi connectivity index (χ1n) is 11.8. The molecule has 0 aliphatic heterocycles. The van der Waals surface area contributed by atoms with Crippen molar-refractivity contribution in [3.8, 4) is 0 Å². The van der Waals surface area contributed by atoms with Crippen molar-refractivity contribution >= 4 is 33.4 Å². The summed E-state index contributed by atoms with van der Waals surface area (Å²) in [6.07, 6.45) is 7.52. The summed E-state index contributed by atoms with van der Waals surface area (Å²) in [6.45, 7) is 6.02. The van der Waals surface area contributed by atoms with E-state index in [2.05, 4.69) is 5.32 Å². The molecule has 1 fully saturated rings. The molecule has 0 aromatic heterocycles. The average Bonchev–Trinajstić information content (AvgIpc) is 2.80. The Labute approximate surface area is 203 Å². The van der Waals surface area contributed by atoms with Crippen molar-refractivity contribution in [2.75, 3.05) is 23.1 Å². The normalized spacial score (nSPS) is 14.8. The Morgan fingerprint density at radius 2 is 1.67 bits per heavy atom. The maximum atomic E-state index is 13.5. The number of nitrogens with zero attached hydrogens (tertiary/aromatic N) is 1. The highest BCUT2D eigenvalue weighted by molar-refractivity contribution is 7.99. The number of carbonyl (C=O) groups is 1. The summed E-state index contributed by atoms with van der Waals surface area (Å²) in [5, 5.41) is 3.69. The maximum absolute atomic E-state index is 13.5. The summed E-state index contributed by atoms with van der Waals surface area (Å²) < 4.78 is 28.3. The summed E-state index contributed by atoms with van der Waals surface area (Å²) in [5.41, 5.74) is 3.28. The molecular weight excluding hydrogens is 452 g/mol. The third-order valence-corrected chi connectivity index (χ3v) is 9.32. The molecule has 1 aliphatic rings. The summed E-state index contributed by atoms with van der Waals surface area (Å²) in [4.78, 5) is 13.0. The first-order valence-corrected chi connectivity index (χ1v) is 14.3. The van der Waals surface area contributed by atoms with Gasteiger partial charge in [0, 0.05) is 11.8 Å². The smallest absolute Gasteiger partial charge is 0.264 e. The Morgan fingerprint density at radius 3 is 2.36 bits per heavy atom. The van der Waals surface area contributed by atoms with Crippen LogP contribution in [0.1, 0.15) is 55.2 Å². The van der Waals surface area contributed by atoms with Crippen molar-refractivity contribution in [2.24, 2.45) is 0 Å². The molecule has 2 aromatic carbocycles. The van der Waals surface area contributed by atoms with Crippen molar-refractivity contribution in [3.05, 3.63) is 59.2 Å². The molecule has 0 spiro atoms. The molecule has 7 heteroatoms. The van der Waals surface area contributed by atoms with Crippen LogP contribution in [0.25, 0.3) is 0 Å². The van der Waals surface area contributed by atoms with Crippen LogP contribution >= 0.6 is 11.8 Å². The number of rotatable bonds is 10. The number of thioether (sulfide) groups is 1. The van der Waals surface area contributed by atoms with E-state index >= 15 is 0 Å². The fourth-order valence-electron chi connectivity index (χ4n) is 4.09. The van der Waals surface area contributed by atoms with Crippen molar-refractivity contribution < 1.29 is 13.2 Å². The predicted molar refractivity (Wildman–Crippen MR) is 139 cm³/mol. The van der Waals surface area contributed by atoms with Crippen LogP contribution in [0, 0.1) is 20.8 Å². The molecule has 0 saturated heterocycles. The van der Waals surface area contributed by atoms with E-state index in [1.54, 1.807) is 24.3 Å². The summed E-state index contributed by atoms with van der Waals surface area (Å²) in [7, 11) is -3.89. The molecule has 2 aromatic rings. The molecule has 33 heavy (non-hydrogen) atoms. The maximum Gasteiger partial charge on any atom is 0.264 e. The van der Waals surface area contributed by atoms with Crippen LogP contribution in [0.5, 0.6) is 0 Å². The molecule has 1 amide bonds. The van der Waals surface area contributed by atoms with Crippen molar-refractivity contribution in [1.82, 2.24) is 5.32 Å². The Bertz CT molecular complexity index is 1030. The van der Waals surface area contributed by atoms with Gasteiger partial charge in [0.2, 0.25) is 5.91 Å². The monoisotopic (exact) mass is 488 g/mol. The van der Waals surface area contributed by atoms with Gasteiger partial charge in [-0.3, -0.25) is 9.10 Å². The quantitative estimate of drug-likeness (QED) is 0.456. The fourth-order valence-corrected chi connectivity index (χ4v) is 6.88. The lowest BCUT2D eigenvalue weighted by molar-refractivity contribution is -0.119. The number of hydrogen-bond acceptors (Lipinski definition) is 4. The van der Waals surface area contributed by atoms with Crippen LogP contribution < -0.4 is 9.62 Å². The minimum Gasteiger partial charge on any atom is -0.354 e. The molecule has 0 radical (unpaired) electrons. The van der Waals surface area contributed by atoms with Gasteiger partial charge in [-0.25, -0.2) is 8.42 Å². The number of aryl methyl sites for hydroxylation is 3. The first-order chi connectivity index (χ1) is 15.8. The van der Waals surface area contributed by atoms with Gasteiger partial charge < -0.3 is 5.32 Å². The number of anilines is 1. The zero-order valence-electron chi connectivity index (χ0n) is 20.0. The Hall–Kier alpha value is -1.99. The Balaban J connectivity index is 1.67. The predicted octanol–water partition coefficient (Wildman–Crippen LogP) is 5.38. The summed E-state index contributed by atoms with van der Waals surface area (Å²) >= 11 is 2.01. The van der Waals surface area contributed by atoms with Crippen molar-refractivity contribution in [2.45, 2.75) is 69.4 Å². The van der Waals surface area contributed by atoms with Gasteiger partial charge in [0.05, 0.1) is 10.6 Å². The molecular formula is C26H36N2O3S2. The Morgan fingerprint density at radius 1 is 1.00 bits per heavy atom.